The molecule has 2 aromatic carbocycles. The van der Waals surface area contributed by atoms with Crippen molar-refractivity contribution in [3.8, 4) is 297 Å². The number of carbonyl (C=O) groups excluding carboxylic acids is 3. The van der Waals surface area contributed by atoms with Crippen LogP contribution in [0.25, 0.3) is 0 Å². The van der Waals surface area contributed by atoms with Gasteiger partial charge in [0, 0.05) is 243 Å². The van der Waals surface area contributed by atoms with E-state index >= 15 is 0 Å². The molecule has 0 radical (unpaired) electrons. The molecule has 0 aliphatic heterocycles. The standard InChI is InChI=1S/C51H4.C17H25NO2S.C15H23NOS/c1-3-5-7-9-11-13-15-17-19-21-23-25-27-29-31-33-35-37-39-41-43-45-47-49-51-50-48-46-44-42-40-38-36-34-32-30-28-26-24-22-20-18-16-14-12-10-8-6-4-2;1-13(19)21-12-14-7-9-15(10-8-14)16(20)6-5-11-18-17(2,3)4;1-15(2,3)16-10-4-5-14(17)13-8-6-12(11-18)7-9-13/h1H,2H3;7-10,18H,5-6,11-12H2,1-4H3;6-9,16,18H,4-5,10-11H2,1-3H3. The van der Waals surface area contributed by atoms with Crippen molar-refractivity contribution in [2.75, 3.05) is 13.1 Å². The Morgan fingerprint density at radius 2 is 0.600 bits per heavy atom. The van der Waals surface area contributed by atoms with Crippen LogP contribution in [-0.4, -0.2) is 40.8 Å². The summed E-state index contributed by atoms with van der Waals surface area (Å²) >= 11 is 5.48. The van der Waals surface area contributed by atoms with E-state index in [0.717, 1.165) is 48.2 Å². The minimum Gasteiger partial charge on any atom is -0.312 e. The molecule has 0 fully saturated rings. The first kappa shape index (κ1) is 77.1. The van der Waals surface area contributed by atoms with Crippen molar-refractivity contribution >= 4 is 41.1 Å². The highest BCUT2D eigenvalue weighted by Crippen LogP contribution is 2.15. The van der Waals surface area contributed by atoms with Crippen LogP contribution in [0.15, 0.2) is 48.5 Å². The third-order valence-electron chi connectivity index (χ3n) is 8.72. The molecule has 90 heavy (non-hydrogen) atoms. The van der Waals surface area contributed by atoms with Gasteiger partial charge in [0.25, 0.3) is 0 Å². The topological polar surface area (TPSA) is 75.3 Å². The summed E-state index contributed by atoms with van der Waals surface area (Å²) in [5.41, 5.74) is 3.99. The first-order chi connectivity index (χ1) is 43.6. The maximum atomic E-state index is 12.1. The lowest BCUT2D eigenvalue weighted by atomic mass is 10.0. The van der Waals surface area contributed by atoms with Crippen molar-refractivity contribution in [1.29, 1.82) is 0 Å². The molecule has 2 N–H and O–H groups in total. The van der Waals surface area contributed by atoms with Crippen molar-refractivity contribution in [2.45, 2.75) is 104 Å². The number of rotatable bonds is 13. The fourth-order valence-corrected chi connectivity index (χ4v) is 5.76. The van der Waals surface area contributed by atoms with Gasteiger partial charge in [0.2, 0.25) is 0 Å². The summed E-state index contributed by atoms with van der Waals surface area (Å²) in [4.78, 5) is 34.9. The second kappa shape index (κ2) is 55.3. The predicted molar refractivity (Wildman–Crippen MR) is 371 cm³/mol. The van der Waals surface area contributed by atoms with Crippen molar-refractivity contribution < 1.29 is 14.4 Å². The second-order valence-electron chi connectivity index (χ2n) is 18.0. The van der Waals surface area contributed by atoms with E-state index in [-0.39, 0.29) is 27.8 Å². The van der Waals surface area contributed by atoms with Crippen LogP contribution in [0.2, 0.25) is 0 Å². The lowest BCUT2D eigenvalue weighted by Crippen LogP contribution is -2.36. The molecule has 2 rings (SSSR count). The third-order valence-corrected chi connectivity index (χ3v) is 9.97. The Labute approximate surface area is 546 Å². The molecule has 0 saturated carbocycles. The molecule has 0 heterocycles. The average Bonchev–Trinajstić information content (AvgIpc) is 3.57. The summed E-state index contributed by atoms with van der Waals surface area (Å²) in [5, 5.41) is 6.88. The molecule has 0 atom stereocenters. The molecular weight excluding hydrogens is 1140 g/mol. The molecule has 2 aromatic rings. The van der Waals surface area contributed by atoms with Gasteiger partial charge in [-0.25, -0.2) is 0 Å². The lowest BCUT2D eigenvalue weighted by Gasteiger charge is -2.20. The van der Waals surface area contributed by atoms with E-state index in [2.05, 4.69) is 355 Å². The van der Waals surface area contributed by atoms with Crippen LogP contribution in [0.4, 0.5) is 0 Å². The Morgan fingerprint density at radius 1 is 0.378 bits per heavy atom. The van der Waals surface area contributed by atoms with E-state index in [1.54, 1.807) is 13.8 Å². The number of terminal acetylenes is 1. The van der Waals surface area contributed by atoms with Crippen LogP contribution in [0.5, 0.6) is 0 Å². The van der Waals surface area contributed by atoms with E-state index in [9.17, 15) is 14.4 Å². The Kier molecular flexibility index (Phi) is 47.3. The van der Waals surface area contributed by atoms with Crippen LogP contribution in [-0.2, 0) is 16.3 Å². The molecule has 5 nitrogen and oxygen atoms in total. The second-order valence-corrected chi connectivity index (χ2v) is 19.5. The fraction of sp³-hybridized carbons (Fsp3) is 0.217. The fourth-order valence-electron chi connectivity index (χ4n) is 4.99. The summed E-state index contributed by atoms with van der Waals surface area (Å²) in [6.07, 6.45) is 7.82. The molecule has 0 spiro atoms. The normalized spacial score (nSPS) is 7.20. The average molecular weight is 1190 g/mol. The Bertz CT molecular complexity index is 4660. The van der Waals surface area contributed by atoms with Gasteiger partial charge in [0.15, 0.2) is 16.7 Å². The summed E-state index contributed by atoms with van der Waals surface area (Å²) < 4.78 is 0. The van der Waals surface area contributed by atoms with E-state index < -0.39 is 0 Å². The predicted octanol–water partition coefficient (Wildman–Crippen LogP) is 8.01. The molecule has 0 unspecified atom stereocenters. The maximum Gasteiger partial charge on any atom is 0.186 e. The van der Waals surface area contributed by atoms with E-state index in [1.807, 2.05) is 48.5 Å². The van der Waals surface area contributed by atoms with Gasteiger partial charge in [0.1, 0.15) is 0 Å². The number of carbonyl (C=O) groups is 3. The molecule has 0 aliphatic rings. The first-order valence-electron chi connectivity index (χ1n) is 26.5. The van der Waals surface area contributed by atoms with Crippen molar-refractivity contribution in [1.82, 2.24) is 10.6 Å². The maximum absolute atomic E-state index is 12.1. The number of benzene rings is 2. The molecule has 0 saturated heterocycles. The van der Waals surface area contributed by atoms with Gasteiger partial charge in [-0.1, -0.05) is 66.2 Å². The quantitative estimate of drug-likeness (QED) is 0.0818. The zero-order valence-corrected chi connectivity index (χ0v) is 52.6. The number of nitrogens with one attached hydrogen (secondary N) is 2. The molecule has 0 aromatic heterocycles. The number of thiol groups is 1. The minimum absolute atomic E-state index is 0.0963. The highest BCUT2D eigenvalue weighted by molar-refractivity contribution is 8.12. The van der Waals surface area contributed by atoms with E-state index in [0.29, 0.717) is 24.3 Å². The molecule has 0 bridgehead atoms. The summed E-state index contributed by atoms with van der Waals surface area (Å²) in [6.45, 7) is 17.7. The minimum atomic E-state index is 0.0963. The van der Waals surface area contributed by atoms with Gasteiger partial charge < -0.3 is 10.6 Å². The SMILES string of the molecule is C#CC#CC#CC#CC#CC#CC#CC#CC#CC#CC#CC#CC#CC#CC#CC#CC#CC#CC#CC#CC#CC#CC#CC#CC#CC.CC(=O)SCc1ccc(C(=O)CCCNC(C)(C)C)cc1.CC(C)(C)NCCCC(=O)c1ccc(CS)cc1. The van der Waals surface area contributed by atoms with Crippen molar-refractivity contribution in [2.24, 2.45) is 0 Å². The van der Waals surface area contributed by atoms with Gasteiger partial charge in [-0.05, 0) is 180 Å². The smallest absolute Gasteiger partial charge is 0.186 e. The lowest BCUT2D eigenvalue weighted by molar-refractivity contribution is -0.109. The third kappa shape index (κ3) is 55.6. The number of ketones is 2. The monoisotopic (exact) mass is 1190 g/mol. The first-order valence-corrected chi connectivity index (χ1v) is 28.1. The van der Waals surface area contributed by atoms with E-state index in [4.69, 9.17) is 6.42 Å². The highest BCUT2D eigenvalue weighted by atomic mass is 32.2. The number of hydrogen-bond acceptors (Lipinski definition) is 7. The molecule has 424 valence electrons. The number of hydrogen-bond donors (Lipinski definition) is 3. The van der Waals surface area contributed by atoms with Gasteiger partial charge in [-0.2, -0.15) is 12.6 Å². The zero-order valence-electron chi connectivity index (χ0n) is 50.9. The summed E-state index contributed by atoms with van der Waals surface area (Å²) in [7, 11) is 0. The highest BCUT2D eigenvalue weighted by Gasteiger charge is 2.11. The van der Waals surface area contributed by atoms with Gasteiger partial charge in [-0.3, -0.25) is 14.4 Å². The van der Waals surface area contributed by atoms with Gasteiger partial charge in [0.05, 0.1) is 0 Å². The van der Waals surface area contributed by atoms with Crippen LogP contribution in [0.1, 0.15) is 113 Å². The summed E-state index contributed by atoms with van der Waals surface area (Å²) in [6, 6.07) is 15.3. The Morgan fingerprint density at radius 3 is 0.800 bits per heavy atom. The molecule has 0 aliphatic carbocycles. The van der Waals surface area contributed by atoms with Crippen LogP contribution >= 0.6 is 24.4 Å². The van der Waals surface area contributed by atoms with Crippen LogP contribution < -0.4 is 10.6 Å². The van der Waals surface area contributed by atoms with Crippen molar-refractivity contribution in [3.05, 3.63) is 70.8 Å². The Hall–Kier alpha value is -12.9. The number of Topliss-reactive ketones (excluding diaryl/α,β-unsaturated/α-hetero) is 2. The van der Waals surface area contributed by atoms with E-state index in [1.165, 1.54) is 11.8 Å². The molecule has 7 heteroatoms. The Balaban J connectivity index is 0.00000163. The zero-order chi connectivity index (χ0) is 66.1. The molecule has 0 amide bonds. The summed E-state index contributed by atoms with van der Waals surface area (Å²) in [5.74, 6) is 124. The van der Waals surface area contributed by atoms with Gasteiger partial charge >= 0.3 is 0 Å². The molecular formula is C83H52N2O3S2. The number of thioether (sulfide) groups is 1. The van der Waals surface area contributed by atoms with Crippen LogP contribution in [0.3, 0.4) is 0 Å². The van der Waals surface area contributed by atoms with Gasteiger partial charge in [-0.15, -0.1) is 6.42 Å². The largest absolute Gasteiger partial charge is 0.312 e. The van der Waals surface area contributed by atoms with Crippen LogP contribution in [0, 0.1) is 297 Å². The van der Waals surface area contributed by atoms with Crippen molar-refractivity contribution in [3.63, 3.8) is 0 Å².